The lowest BCUT2D eigenvalue weighted by Crippen LogP contribution is -2.51. The molecule has 6 heteroatoms. The summed E-state index contributed by atoms with van der Waals surface area (Å²) in [5.41, 5.74) is 2.64. The Balaban J connectivity index is 1.63. The van der Waals surface area contributed by atoms with Crippen LogP contribution in [0.4, 0.5) is 0 Å². The highest BCUT2D eigenvalue weighted by Crippen LogP contribution is 2.21. The highest BCUT2D eigenvalue weighted by molar-refractivity contribution is 5.97. The molecule has 154 valence electrons. The maximum atomic E-state index is 12.9. The van der Waals surface area contributed by atoms with Crippen LogP contribution < -0.4 is 10.1 Å². The Morgan fingerprint density at radius 2 is 2.14 bits per heavy atom. The van der Waals surface area contributed by atoms with Crippen LogP contribution in [0.2, 0.25) is 0 Å². The number of ether oxygens (including phenoxy) is 1. The Hall–Kier alpha value is -2.89. The second kappa shape index (κ2) is 10.0. The molecule has 0 radical (unpaired) electrons. The molecule has 1 aliphatic heterocycles. The van der Waals surface area contributed by atoms with Crippen LogP contribution in [0.15, 0.2) is 42.7 Å². The van der Waals surface area contributed by atoms with Crippen LogP contribution >= 0.6 is 0 Å². The molecule has 1 saturated heterocycles. The summed E-state index contributed by atoms with van der Waals surface area (Å²) in [6, 6.07) is 8.95. The monoisotopic (exact) mass is 395 g/mol. The molecule has 2 aromatic rings. The molecule has 2 heterocycles. The highest BCUT2D eigenvalue weighted by Gasteiger charge is 2.32. The molecule has 2 amide bonds. The van der Waals surface area contributed by atoms with Gasteiger partial charge in [-0.1, -0.05) is 13.0 Å². The molecule has 1 fully saturated rings. The van der Waals surface area contributed by atoms with Crippen molar-refractivity contribution in [3.8, 4) is 5.75 Å². The average Bonchev–Trinajstić information content (AvgIpc) is 2.77. The zero-order chi connectivity index (χ0) is 20.6. The summed E-state index contributed by atoms with van der Waals surface area (Å²) >= 11 is 0. The number of carbonyl (C=O) groups is 2. The maximum Gasteiger partial charge on any atom is 0.256 e. The van der Waals surface area contributed by atoms with E-state index in [0.717, 1.165) is 36.1 Å². The Labute approximate surface area is 172 Å². The van der Waals surface area contributed by atoms with Gasteiger partial charge in [-0.3, -0.25) is 14.6 Å². The number of nitrogens with zero attached hydrogens (tertiary/aromatic N) is 2. The Morgan fingerprint density at radius 3 is 2.86 bits per heavy atom. The normalized spacial score (nSPS) is 16.3. The van der Waals surface area contributed by atoms with Crippen LogP contribution in [0.25, 0.3) is 0 Å². The fourth-order valence-corrected chi connectivity index (χ4v) is 3.58. The molecular formula is C23H29N3O3. The number of pyridine rings is 1. The van der Waals surface area contributed by atoms with Gasteiger partial charge in [0.1, 0.15) is 11.8 Å². The number of aromatic nitrogens is 1. The van der Waals surface area contributed by atoms with Crippen molar-refractivity contribution in [3.63, 3.8) is 0 Å². The summed E-state index contributed by atoms with van der Waals surface area (Å²) in [6.07, 6.45) is 6.69. The number of benzene rings is 1. The van der Waals surface area contributed by atoms with E-state index < -0.39 is 6.04 Å². The van der Waals surface area contributed by atoms with Gasteiger partial charge in [-0.2, -0.15) is 0 Å². The van der Waals surface area contributed by atoms with Gasteiger partial charge in [-0.25, -0.2) is 0 Å². The van der Waals surface area contributed by atoms with Crippen molar-refractivity contribution >= 4 is 11.8 Å². The van der Waals surface area contributed by atoms with E-state index in [1.807, 2.05) is 25.1 Å². The van der Waals surface area contributed by atoms with E-state index in [-0.39, 0.29) is 11.8 Å². The number of nitrogens with one attached hydrogen (secondary N) is 1. The van der Waals surface area contributed by atoms with Crippen molar-refractivity contribution in [1.82, 2.24) is 15.2 Å². The van der Waals surface area contributed by atoms with Crippen molar-refractivity contribution in [3.05, 3.63) is 59.4 Å². The van der Waals surface area contributed by atoms with E-state index in [2.05, 4.69) is 17.2 Å². The number of carbonyl (C=O) groups excluding carboxylic acids is 2. The van der Waals surface area contributed by atoms with E-state index in [9.17, 15) is 9.59 Å². The molecule has 0 aliphatic carbocycles. The van der Waals surface area contributed by atoms with Gasteiger partial charge in [-0.15, -0.1) is 0 Å². The van der Waals surface area contributed by atoms with Gasteiger partial charge in [0.15, 0.2) is 0 Å². The van der Waals surface area contributed by atoms with E-state index in [1.165, 1.54) is 0 Å². The first kappa shape index (κ1) is 20.8. The largest absolute Gasteiger partial charge is 0.494 e. The van der Waals surface area contributed by atoms with E-state index in [4.69, 9.17) is 4.74 Å². The van der Waals surface area contributed by atoms with Crippen molar-refractivity contribution in [2.24, 2.45) is 0 Å². The van der Waals surface area contributed by atoms with Crippen LogP contribution in [-0.4, -0.2) is 40.9 Å². The third kappa shape index (κ3) is 5.34. The first-order valence-corrected chi connectivity index (χ1v) is 10.3. The summed E-state index contributed by atoms with van der Waals surface area (Å²) in [5, 5.41) is 3.02. The molecule has 1 aromatic heterocycles. The van der Waals surface area contributed by atoms with E-state index >= 15 is 0 Å². The number of hydrogen-bond donors (Lipinski definition) is 1. The predicted molar refractivity (Wildman–Crippen MR) is 112 cm³/mol. The fraction of sp³-hybridized carbons (Fsp3) is 0.435. The highest BCUT2D eigenvalue weighted by atomic mass is 16.5. The molecule has 1 N–H and O–H groups in total. The minimum absolute atomic E-state index is 0.104. The van der Waals surface area contributed by atoms with Crippen LogP contribution in [0.5, 0.6) is 5.75 Å². The van der Waals surface area contributed by atoms with Crippen LogP contribution in [0.1, 0.15) is 54.1 Å². The quantitative estimate of drug-likeness (QED) is 0.779. The summed E-state index contributed by atoms with van der Waals surface area (Å²) in [6.45, 7) is 5.81. The summed E-state index contributed by atoms with van der Waals surface area (Å²) in [5.74, 6) is 0.610. The Kier molecular flexibility index (Phi) is 7.22. The third-order valence-corrected chi connectivity index (χ3v) is 5.21. The fourth-order valence-electron chi connectivity index (χ4n) is 3.58. The minimum atomic E-state index is -0.441. The smallest absolute Gasteiger partial charge is 0.256 e. The van der Waals surface area contributed by atoms with Gasteiger partial charge in [0.25, 0.3) is 5.91 Å². The SMILES string of the molecule is CCCOc1ccc(CNC(=O)[C@H]2CCCCN2C(=O)c2cccnc2)c(C)c1. The number of aryl methyl sites for hydroxylation is 1. The molecule has 0 saturated carbocycles. The van der Waals surface area contributed by atoms with Crippen molar-refractivity contribution < 1.29 is 14.3 Å². The molecule has 0 bridgehead atoms. The summed E-state index contributed by atoms with van der Waals surface area (Å²) in [4.78, 5) is 31.5. The lowest BCUT2D eigenvalue weighted by atomic mass is 10.00. The number of rotatable bonds is 7. The number of hydrogen-bond acceptors (Lipinski definition) is 4. The summed E-state index contributed by atoms with van der Waals surface area (Å²) in [7, 11) is 0. The van der Waals surface area contributed by atoms with Gasteiger partial charge in [0, 0.05) is 25.5 Å². The Bertz CT molecular complexity index is 839. The average molecular weight is 396 g/mol. The van der Waals surface area contributed by atoms with E-state index in [1.54, 1.807) is 29.4 Å². The lowest BCUT2D eigenvalue weighted by Gasteiger charge is -2.34. The Morgan fingerprint density at radius 1 is 1.28 bits per heavy atom. The molecule has 1 aromatic carbocycles. The molecule has 0 unspecified atom stereocenters. The van der Waals surface area contributed by atoms with Gasteiger partial charge in [0.05, 0.1) is 12.2 Å². The van der Waals surface area contributed by atoms with Crippen LogP contribution in [-0.2, 0) is 11.3 Å². The first-order valence-electron chi connectivity index (χ1n) is 10.3. The lowest BCUT2D eigenvalue weighted by molar-refractivity contribution is -0.126. The molecule has 1 aliphatic rings. The van der Waals surface area contributed by atoms with Crippen LogP contribution in [0, 0.1) is 6.92 Å². The minimum Gasteiger partial charge on any atom is -0.494 e. The molecule has 1 atom stereocenters. The maximum absolute atomic E-state index is 12.9. The topological polar surface area (TPSA) is 71.5 Å². The first-order chi connectivity index (χ1) is 14.1. The zero-order valence-corrected chi connectivity index (χ0v) is 17.2. The molecule has 6 nitrogen and oxygen atoms in total. The molecule has 3 rings (SSSR count). The van der Waals surface area contributed by atoms with Gasteiger partial charge < -0.3 is 15.0 Å². The number of piperidine rings is 1. The van der Waals surface area contributed by atoms with Crippen molar-refractivity contribution in [1.29, 1.82) is 0 Å². The van der Waals surface area contributed by atoms with Crippen LogP contribution in [0.3, 0.4) is 0 Å². The summed E-state index contributed by atoms with van der Waals surface area (Å²) < 4.78 is 5.66. The second-order valence-electron chi connectivity index (χ2n) is 7.41. The second-order valence-corrected chi connectivity index (χ2v) is 7.41. The number of amides is 2. The molecule has 29 heavy (non-hydrogen) atoms. The number of likely N-dealkylation sites (tertiary alicyclic amines) is 1. The van der Waals surface area contributed by atoms with Gasteiger partial charge >= 0.3 is 0 Å². The standard InChI is InChI=1S/C23H29N3O3/c1-3-13-29-20-10-9-18(17(2)14-20)16-25-22(27)21-8-4-5-12-26(21)23(28)19-7-6-11-24-15-19/h6-7,9-11,14-15,21H,3-5,8,12-13,16H2,1-2H3,(H,25,27)/t21-/m1/s1. The third-order valence-electron chi connectivity index (χ3n) is 5.21. The molecule has 0 spiro atoms. The van der Waals surface area contributed by atoms with Gasteiger partial charge in [-0.05, 0) is 68.0 Å². The molecular weight excluding hydrogens is 366 g/mol. The predicted octanol–water partition coefficient (Wildman–Crippen LogP) is 3.49. The zero-order valence-electron chi connectivity index (χ0n) is 17.2. The van der Waals surface area contributed by atoms with Crippen molar-refractivity contribution in [2.75, 3.05) is 13.2 Å². The van der Waals surface area contributed by atoms with E-state index in [0.29, 0.717) is 31.7 Å². The van der Waals surface area contributed by atoms with Crippen molar-refractivity contribution in [2.45, 2.75) is 52.1 Å². The van der Waals surface area contributed by atoms with Gasteiger partial charge in [0.2, 0.25) is 5.91 Å².